The third kappa shape index (κ3) is 3.63. The van der Waals surface area contributed by atoms with E-state index in [9.17, 15) is 0 Å². The number of nitrogens with zero attached hydrogens (tertiary/aromatic N) is 1. The second-order valence-electron chi connectivity index (χ2n) is 10.2. The van der Waals surface area contributed by atoms with Gasteiger partial charge >= 0.3 is 0 Å². The summed E-state index contributed by atoms with van der Waals surface area (Å²) in [6.07, 6.45) is 0. The maximum absolute atomic E-state index is 5.57. The molecule has 0 fully saturated rings. The molecule has 1 aromatic heterocycles. The molecule has 0 aliphatic rings. The summed E-state index contributed by atoms with van der Waals surface area (Å²) < 4.78 is 0. The van der Waals surface area contributed by atoms with Crippen LogP contribution in [0.4, 0.5) is 0 Å². The Hall–Kier alpha value is -0.416. The molecule has 1 rings (SSSR count). The van der Waals surface area contributed by atoms with Crippen LogP contribution in [0.1, 0.15) is 83.1 Å². The van der Waals surface area contributed by atoms with Crippen molar-refractivity contribution in [3.8, 4) is 0 Å². The van der Waals surface area contributed by atoms with Gasteiger partial charge in [0.2, 0.25) is 0 Å². The van der Waals surface area contributed by atoms with Crippen LogP contribution < -0.4 is 10.6 Å². The summed E-state index contributed by atoms with van der Waals surface area (Å²) >= 11 is 0. The number of hydrogen-bond acceptors (Lipinski definition) is 1. The van der Waals surface area contributed by atoms with Gasteiger partial charge in [-0.05, 0) is 45.4 Å². The van der Waals surface area contributed by atoms with Gasteiger partial charge in [0.05, 0.1) is 0 Å². The van der Waals surface area contributed by atoms with Crippen LogP contribution >= 0.6 is 0 Å². The molecule has 0 radical (unpaired) electrons. The first-order chi connectivity index (χ1) is 11.9. The zero-order chi connectivity index (χ0) is 20.4. The van der Waals surface area contributed by atoms with Gasteiger partial charge in [0.1, 0.15) is 16.1 Å². The minimum absolute atomic E-state index is 0.707. The van der Waals surface area contributed by atoms with E-state index in [0.717, 1.165) is 0 Å². The van der Waals surface area contributed by atoms with E-state index in [-0.39, 0.29) is 0 Å². The lowest BCUT2D eigenvalue weighted by molar-refractivity contribution is 0.824. The van der Waals surface area contributed by atoms with Gasteiger partial charge in [0.25, 0.3) is 0 Å². The average Bonchev–Trinajstić information content (AvgIpc) is 2.46. The second kappa shape index (κ2) is 8.73. The van der Waals surface area contributed by atoms with Crippen molar-refractivity contribution in [3.05, 3.63) is 18.2 Å². The van der Waals surface area contributed by atoms with Crippen molar-refractivity contribution in [1.82, 2.24) is 4.98 Å². The van der Waals surface area contributed by atoms with E-state index in [1.807, 2.05) is 0 Å². The number of pyridine rings is 1. The fourth-order valence-corrected chi connectivity index (χ4v) is 19.8. The molecule has 150 valence electrons. The largest absolute Gasteiger partial charge is 0.267 e. The Bertz CT molecular complexity index is 483. The molecule has 3 heteroatoms. The molecule has 26 heavy (non-hydrogen) atoms. The molecule has 1 heterocycles. The molecular formula is C23H45NSi2. The SMILES string of the molecule is CC(C)[Si](c1cccc([Si](C(C)C)(C(C)C)C(C)C)n1)(C(C)C)C(C)C. The molecule has 0 saturated carbocycles. The number of rotatable bonds is 8. The summed E-state index contributed by atoms with van der Waals surface area (Å²) in [5, 5.41) is 2.93. The quantitative estimate of drug-likeness (QED) is 0.441. The highest BCUT2D eigenvalue weighted by Crippen LogP contribution is 2.42. The molecule has 0 spiro atoms. The van der Waals surface area contributed by atoms with Crippen LogP contribution in [0.5, 0.6) is 0 Å². The Balaban J connectivity index is 3.78. The highest BCUT2D eigenvalue weighted by atomic mass is 28.3. The standard InChI is InChI=1S/C23H45NSi2/c1-16(2)25(17(3)4,18(5)6)22-14-13-15-23(24-22)26(19(7)8,20(9)10)21(11)12/h13-21H,1-12H3. The van der Waals surface area contributed by atoms with Gasteiger partial charge in [-0.3, -0.25) is 4.98 Å². The van der Waals surface area contributed by atoms with Crippen LogP contribution in [0.15, 0.2) is 18.2 Å². The molecule has 0 atom stereocenters. The minimum Gasteiger partial charge on any atom is -0.267 e. The van der Waals surface area contributed by atoms with Gasteiger partial charge in [0.15, 0.2) is 0 Å². The molecule has 0 amide bonds. The van der Waals surface area contributed by atoms with Gasteiger partial charge in [-0.25, -0.2) is 0 Å². The zero-order valence-electron chi connectivity index (χ0n) is 19.6. The van der Waals surface area contributed by atoms with Crippen molar-refractivity contribution in [2.45, 2.75) is 116 Å². The van der Waals surface area contributed by atoms with Crippen LogP contribution in [0, 0.1) is 0 Å². The third-order valence-corrected chi connectivity index (χ3v) is 21.2. The van der Waals surface area contributed by atoms with Crippen LogP contribution in [-0.4, -0.2) is 21.1 Å². The monoisotopic (exact) mass is 391 g/mol. The second-order valence-corrected chi connectivity index (χ2v) is 21.9. The van der Waals surface area contributed by atoms with Crippen molar-refractivity contribution in [2.75, 3.05) is 0 Å². The summed E-state index contributed by atoms with van der Waals surface area (Å²) in [5.74, 6) is 0. The normalized spacial score (nSPS) is 13.9. The van der Waals surface area contributed by atoms with Gasteiger partial charge < -0.3 is 0 Å². The smallest absolute Gasteiger partial charge is 0.118 e. The van der Waals surface area contributed by atoms with Crippen molar-refractivity contribution in [3.63, 3.8) is 0 Å². The number of aromatic nitrogens is 1. The van der Waals surface area contributed by atoms with Gasteiger partial charge in [-0.2, -0.15) is 0 Å². The van der Waals surface area contributed by atoms with E-state index in [1.54, 1.807) is 0 Å². The van der Waals surface area contributed by atoms with Crippen molar-refractivity contribution in [1.29, 1.82) is 0 Å². The minimum atomic E-state index is -1.71. The lowest BCUT2D eigenvalue weighted by Crippen LogP contribution is -2.62. The third-order valence-electron chi connectivity index (χ3n) is 7.37. The van der Waals surface area contributed by atoms with Gasteiger partial charge in [0, 0.05) is 10.6 Å². The van der Waals surface area contributed by atoms with Crippen LogP contribution in [0.25, 0.3) is 0 Å². The van der Waals surface area contributed by atoms with E-state index in [0.29, 0.717) is 33.2 Å². The molecule has 0 aliphatic carbocycles. The van der Waals surface area contributed by atoms with E-state index in [2.05, 4.69) is 101 Å². The summed E-state index contributed by atoms with van der Waals surface area (Å²) in [4.78, 5) is 5.57. The molecule has 0 N–H and O–H groups in total. The number of hydrogen-bond donors (Lipinski definition) is 0. The lowest BCUT2D eigenvalue weighted by atomic mass is 10.5. The summed E-state index contributed by atoms with van der Waals surface area (Å²) in [7, 11) is -3.41. The topological polar surface area (TPSA) is 12.9 Å². The fraction of sp³-hybridized carbons (Fsp3) is 0.783. The molecular weight excluding hydrogens is 346 g/mol. The van der Waals surface area contributed by atoms with Gasteiger partial charge in [-0.1, -0.05) is 89.2 Å². The molecule has 0 bridgehead atoms. The maximum Gasteiger partial charge on any atom is 0.118 e. The molecule has 1 aromatic rings. The first-order valence-electron chi connectivity index (χ1n) is 10.9. The van der Waals surface area contributed by atoms with Crippen LogP contribution in [0.2, 0.25) is 33.2 Å². The zero-order valence-corrected chi connectivity index (χ0v) is 21.6. The van der Waals surface area contributed by atoms with E-state index < -0.39 is 16.1 Å². The Morgan fingerprint density at radius 1 is 0.500 bits per heavy atom. The highest BCUT2D eigenvalue weighted by Gasteiger charge is 2.49. The Morgan fingerprint density at radius 3 is 0.923 bits per heavy atom. The van der Waals surface area contributed by atoms with E-state index >= 15 is 0 Å². The summed E-state index contributed by atoms with van der Waals surface area (Å²) in [6.45, 7) is 29.3. The predicted molar refractivity (Wildman–Crippen MR) is 126 cm³/mol. The predicted octanol–water partition coefficient (Wildman–Crippen LogP) is 6.85. The Morgan fingerprint density at radius 2 is 0.731 bits per heavy atom. The first kappa shape index (κ1) is 23.6. The van der Waals surface area contributed by atoms with Crippen LogP contribution in [0.3, 0.4) is 0 Å². The van der Waals surface area contributed by atoms with Gasteiger partial charge in [-0.15, -0.1) is 0 Å². The van der Waals surface area contributed by atoms with Crippen LogP contribution in [-0.2, 0) is 0 Å². The molecule has 1 nitrogen and oxygen atoms in total. The molecule has 0 unspecified atom stereocenters. The Kier molecular flexibility index (Phi) is 7.93. The van der Waals surface area contributed by atoms with Crippen molar-refractivity contribution in [2.24, 2.45) is 0 Å². The highest BCUT2D eigenvalue weighted by molar-refractivity contribution is 6.96. The summed E-state index contributed by atoms with van der Waals surface area (Å²) in [6, 6.07) is 7.08. The van der Waals surface area contributed by atoms with E-state index in [4.69, 9.17) is 4.98 Å². The first-order valence-corrected chi connectivity index (χ1v) is 15.3. The maximum atomic E-state index is 5.57. The van der Waals surface area contributed by atoms with Crippen molar-refractivity contribution >= 4 is 26.8 Å². The fourth-order valence-electron chi connectivity index (χ4n) is 6.69. The molecule has 0 aromatic carbocycles. The Labute approximate surface area is 166 Å². The van der Waals surface area contributed by atoms with Crippen molar-refractivity contribution < 1.29 is 0 Å². The van der Waals surface area contributed by atoms with E-state index in [1.165, 1.54) is 10.6 Å². The molecule has 0 saturated heterocycles. The average molecular weight is 392 g/mol. The lowest BCUT2D eigenvalue weighted by Gasteiger charge is -2.45. The molecule has 0 aliphatic heterocycles. The summed E-state index contributed by atoms with van der Waals surface area (Å²) in [5.41, 5.74) is 4.24.